The van der Waals surface area contributed by atoms with Crippen LogP contribution in [0.5, 0.6) is 0 Å². The second-order valence-electron chi connectivity index (χ2n) is 4.89. The third kappa shape index (κ3) is 1.66. The number of rotatable bonds is 0. The van der Waals surface area contributed by atoms with E-state index in [1.165, 1.54) is 0 Å². The molecule has 1 aliphatic heterocycles. The normalized spacial score (nSPS) is 22.1. The Bertz CT molecular complexity index is 255. The lowest BCUT2D eigenvalue weighted by Gasteiger charge is -2.49. The van der Waals surface area contributed by atoms with E-state index in [2.05, 4.69) is 0 Å². The van der Waals surface area contributed by atoms with Gasteiger partial charge in [-0.15, -0.1) is 0 Å². The second-order valence-corrected chi connectivity index (χ2v) is 4.89. The zero-order chi connectivity index (χ0) is 11.0. The van der Waals surface area contributed by atoms with Crippen molar-refractivity contribution in [2.45, 2.75) is 39.2 Å². The summed E-state index contributed by atoms with van der Waals surface area (Å²) in [4.78, 5) is 22.3. The van der Waals surface area contributed by atoms with Crippen molar-refractivity contribution in [3.05, 3.63) is 0 Å². The lowest BCUT2D eigenvalue weighted by Crippen LogP contribution is -2.70. The number of amides is 1. The molecule has 0 N–H and O–H groups in total. The van der Waals surface area contributed by atoms with Crippen molar-refractivity contribution in [1.29, 1.82) is 0 Å². The second kappa shape index (κ2) is 3.35. The van der Waals surface area contributed by atoms with E-state index in [4.69, 9.17) is 0 Å². The molecule has 0 aliphatic carbocycles. The number of likely N-dealkylation sites (tertiary alicyclic amines) is 1. The molecule has 0 aromatic rings. The van der Waals surface area contributed by atoms with Gasteiger partial charge < -0.3 is 9.90 Å². The lowest BCUT2D eigenvalue weighted by atomic mass is 9.96. The highest BCUT2D eigenvalue weighted by Crippen LogP contribution is 2.28. The van der Waals surface area contributed by atoms with E-state index >= 15 is 0 Å². The van der Waals surface area contributed by atoms with E-state index in [9.17, 15) is 14.7 Å². The summed E-state index contributed by atoms with van der Waals surface area (Å²) >= 11 is 0. The summed E-state index contributed by atoms with van der Waals surface area (Å²) in [6.07, 6.45) is -0.360. The zero-order valence-corrected chi connectivity index (χ0v) is 9.00. The predicted molar refractivity (Wildman–Crippen MR) is 49.4 cm³/mol. The van der Waals surface area contributed by atoms with E-state index in [-0.39, 0.29) is 10.3 Å². The van der Waals surface area contributed by atoms with Gasteiger partial charge in [0, 0.05) is 0 Å². The van der Waals surface area contributed by atoms with Gasteiger partial charge in [-0.1, -0.05) is 0 Å². The van der Waals surface area contributed by atoms with Gasteiger partial charge in [0.1, 0.15) is 5.78 Å². The van der Waals surface area contributed by atoms with Crippen LogP contribution < -0.4 is 5.11 Å². The van der Waals surface area contributed by atoms with Crippen LogP contribution in [0.2, 0.25) is 0 Å². The largest absolute Gasteiger partial charge is 0.498 e. The first-order chi connectivity index (χ1) is 6.29. The van der Waals surface area contributed by atoms with E-state index in [0.717, 1.165) is 0 Å². The van der Waals surface area contributed by atoms with Gasteiger partial charge in [0.25, 0.3) is 6.09 Å². The number of carbonyl (C=O) groups excluding carboxylic acids is 2. The zero-order valence-electron chi connectivity index (χ0n) is 9.00. The quantitative estimate of drug-likeness (QED) is 0.527. The molecule has 0 radical (unpaired) electrons. The Labute approximate surface area is 84.1 Å². The van der Waals surface area contributed by atoms with Gasteiger partial charge in [0.2, 0.25) is 0 Å². The highest BCUT2D eigenvalue weighted by atomic mass is 16.4. The van der Waals surface area contributed by atoms with Gasteiger partial charge >= 0.3 is 0 Å². The third-order valence-electron chi connectivity index (χ3n) is 3.18. The minimum Gasteiger partial charge on any atom is -0.498 e. The van der Waals surface area contributed by atoms with Crippen LogP contribution in [0.25, 0.3) is 0 Å². The molecule has 1 rings (SSSR count). The molecule has 0 unspecified atom stereocenters. The van der Waals surface area contributed by atoms with Crippen LogP contribution in [-0.4, -0.2) is 35.0 Å². The monoisotopic (exact) mass is 199 g/mol. The average molecular weight is 199 g/mol. The van der Waals surface area contributed by atoms with Crippen molar-refractivity contribution < 1.29 is 19.2 Å². The Hall–Kier alpha value is -0.900. The van der Waals surface area contributed by atoms with Crippen LogP contribution in [-0.2, 0) is 4.79 Å². The minimum absolute atomic E-state index is 0.0985. The number of hydrogen-bond donors (Lipinski definition) is 0. The Balaban J connectivity index is 2.96. The highest BCUT2D eigenvalue weighted by Gasteiger charge is 2.45. The molecule has 80 valence electrons. The van der Waals surface area contributed by atoms with Crippen LogP contribution in [0.1, 0.15) is 33.6 Å². The molecule has 0 saturated carbocycles. The topological polar surface area (TPSA) is 57.2 Å². The molecule has 1 amide bonds. The summed E-state index contributed by atoms with van der Waals surface area (Å²) < 4.78 is -0.0985. The standard InChI is InChI=1S/C10H17NO3/c1-10(2,3)11(9(13)14)6-4-8(12)5-7-11/h4-7H2,1-3H3. The Morgan fingerprint density at radius 2 is 1.71 bits per heavy atom. The van der Waals surface area contributed by atoms with E-state index in [0.29, 0.717) is 25.9 Å². The molecular weight excluding hydrogens is 182 g/mol. The van der Waals surface area contributed by atoms with E-state index in [1.54, 1.807) is 0 Å². The Morgan fingerprint density at radius 3 is 2.00 bits per heavy atom. The number of carboxylic acid groups (broad SMARTS) is 1. The van der Waals surface area contributed by atoms with Gasteiger partial charge in [-0.25, -0.2) is 0 Å². The molecule has 0 aromatic carbocycles. The van der Waals surface area contributed by atoms with Crippen molar-refractivity contribution >= 4 is 11.9 Å². The molecule has 14 heavy (non-hydrogen) atoms. The average Bonchev–Trinajstić information content (AvgIpc) is 2.02. The summed E-state index contributed by atoms with van der Waals surface area (Å²) in [5.74, 6) is 0.157. The number of quaternary nitrogens is 1. The number of Topliss-reactive ketones (excluding diaryl/α,β-unsaturated/α-hetero) is 1. The first-order valence-electron chi connectivity index (χ1n) is 4.90. The van der Waals surface area contributed by atoms with Crippen molar-refractivity contribution in [3.8, 4) is 0 Å². The third-order valence-corrected chi connectivity index (χ3v) is 3.18. The fourth-order valence-corrected chi connectivity index (χ4v) is 2.00. The van der Waals surface area contributed by atoms with Crippen molar-refractivity contribution in [2.24, 2.45) is 0 Å². The fraction of sp³-hybridized carbons (Fsp3) is 0.800. The summed E-state index contributed by atoms with van der Waals surface area (Å²) in [5, 5.41) is 11.2. The SMILES string of the molecule is CC(C)(C)[N+]1(C(=O)[O-])CCC(=O)CC1. The number of nitrogens with zero attached hydrogens (tertiary/aromatic N) is 1. The Kier molecular flexibility index (Phi) is 2.67. The van der Waals surface area contributed by atoms with Crippen molar-refractivity contribution in [3.63, 3.8) is 0 Å². The van der Waals surface area contributed by atoms with Gasteiger partial charge in [-0.3, -0.25) is 9.28 Å². The van der Waals surface area contributed by atoms with Gasteiger partial charge in [-0.2, -0.15) is 0 Å². The predicted octanol–water partition coefficient (Wildman–Crippen LogP) is 0.308. The maximum atomic E-state index is 11.2. The Morgan fingerprint density at radius 1 is 1.29 bits per heavy atom. The molecule has 1 heterocycles. The first kappa shape index (κ1) is 11.2. The number of piperidine rings is 1. The van der Waals surface area contributed by atoms with Crippen molar-refractivity contribution in [1.82, 2.24) is 0 Å². The molecule has 0 aromatic heterocycles. The molecule has 1 fully saturated rings. The number of hydrogen-bond acceptors (Lipinski definition) is 3. The fourth-order valence-electron chi connectivity index (χ4n) is 2.00. The minimum atomic E-state index is -1.06. The van der Waals surface area contributed by atoms with Gasteiger partial charge in [0.15, 0.2) is 0 Å². The van der Waals surface area contributed by atoms with Crippen LogP contribution in [0.4, 0.5) is 4.79 Å². The number of carbonyl (C=O) groups is 2. The van der Waals surface area contributed by atoms with Crippen LogP contribution in [0, 0.1) is 0 Å². The first-order valence-corrected chi connectivity index (χ1v) is 4.90. The maximum Gasteiger partial charge on any atom is 0.257 e. The molecule has 1 saturated heterocycles. The van der Waals surface area contributed by atoms with Crippen LogP contribution in [0.3, 0.4) is 0 Å². The number of ketones is 1. The van der Waals surface area contributed by atoms with E-state index in [1.807, 2.05) is 20.8 Å². The molecule has 0 bridgehead atoms. The van der Waals surface area contributed by atoms with Gasteiger partial charge in [0.05, 0.1) is 31.5 Å². The molecule has 4 nitrogen and oxygen atoms in total. The van der Waals surface area contributed by atoms with Crippen LogP contribution >= 0.6 is 0 Å². The highest BCUT2D eigenvalue weighted by molar-refractivity contribution is 5.79. The van der Waals surface area contributed by atoms with Gasteiger partial charge in [-0.05, 0) is 20.8 Å². The molecule has 4 heteroatoms. The summed E-state index contributed by atoms with van der Waals surface area (Å²) in [6, 6.07) is 0. The van der Waals surface area contributed by atoms with E-state index < -0.39 is 11.6 Å². The van der Waals surface area contributed by atoms with Crippen molar-refractivity contribution in [2.75, 3.05) is 13.1 Å². The maximum absolute atomic E-state index is 11.2. The molecule has 0 atom stereocenters. The lowest BCUT2D eigenvalue weighted by molar-refractivity contribution is -0.920. The molecular formula is C10H17NO3. The summed E-state index contributed by atoms with van der Waals surface area (Å²) in [6.45, 7) is 6.35. The van der Waals surface area contributed by atoms with Crippen LogP contribution in [0.15, 0.2) is 0 Å². The smallest absolute Gasteiger partial charge is 0.257 e. The molecule has 0 spiro atoms. The summed E-state index contributed by atoms with van der Waals surface area (Å²) in [5.41, 5.74) is -0.403. The molecule has 1 aliphatic rings. The summed E-state index contributed by atoms with van der Waals surface area (Å²) in [7, 11) is 0.